The van der Waals surface area contributed by atoms with Gasteiger partial charge in [0, 0.05) is 12.7 Å². The zero-order valence-electron chi connectivity index (χ0n) is 13.9. The highest BCUT2D eigenvalue weighted by Crippen LogP contribution is 2.29. The van der Waals surface area contributed by atoms with E-state index in [1.165, 1.54) is 10.5 Å². The number of nitrogens with one attached hydrogen (secondary N) is 1. The summed E-state index contributed by atoms with van der Waals surface area (Å²) in [7, 11) is -3.95. The van der Waals surface area contributed by atoms with Gasteiger partial charge in [-0.25, -0.2) is 4.72 Å². The van der Waals surface area contributed by atoms with E-state index in [-0.39, 0.29) is 11.1 Å². The van der Waals surface area contributed by atoms with Crippen LogP contribution < -0.4 is 9.03 Å². The summed E-state index contributed by atoms with van der Waals surface area (Å²) in [5, 5.41) is 4.12. The Balaban J connectivity index is 1.80. The summed E-state index contributed by atoms with van der Waals surface area (Å²) >= 11 is 0. The predicted octanol–water partition coefficient (Wildman–Crippen LogP) is 1.68. The number of nitrogens with zero attached hydrogens (tertiary/aromatic N) is 3. The molecule has 0 saturated heterocycles. The molecule has 1 aromatic carbocycles. The van der Waals surface area contributed by atoms with Crippen molar-refractivity contribution in [3.8, 4) is 0 Å². The van der Waals surface area contributed by atoms with Gasteiger partial charge in [0.05, 0.1) is 23.0 Å². The molecular formula is C16H20N4O3S. The Morgan fingerprint density at radius 2 is 1.96 bits per heavy atom. The predicted molar refractivity (Wildman–Crippen MR) is 91.1 cm³/mol. The normalized spacial score (nSPS) is 14.5. The number of hydrogen-bond acceptors (Lipinski definition) is 4. The van der Waals surface area contributed by atoms with Crippen LogP contribution in [0.4, 0.5) is 5.69 Å². The molecule has 128 valence electrons. The third-order valence-corrected chi connectivity index (χ3v) is 5.29. The first-order valence-corrected chi connectivity index (χ1v) is 9.10. The third-order valence-electron chi connectivity index (χ3n) is 3.89. The molecular weight excluding hydrogens is 328 g/mol. The van der Waals surface area contributed by atoms with Crippen molar-refractivity contribution < 1.29 is 13.2 Å². The molecule has 1 N–H and O–H groups in total. The molecule has 0 fully saturated rings. The van der Waals surface area contributed by atoms with E-state index in [0.29, 0.717) is 18.7 Å². The van der Waals surface area contributed by atoms with Gasteiger partial charge in [-0.3, -0.25) is 13.8 Å². The minimum absolute atomic E-state index is 0.209. The van der Waals surface area contributed by atoms with Gasteiger partial charge in [-0.15, -0.1) is 0 Å². The van der Waals surface area contributed by atoms with Crippen molar-refractivity contribution in [3.05, 3.63) is 47.8 Å². The molecule has 1 aliphatic rings. The van der Waals surface area contributed by atoms with E-state index in [1.807, 2.05) is 32.9 Å². The van der Waals surface area contributed by atoms with Crippen LogP contribution in [0.25, 0.3) is 0 Å². The Kier molecular flexibility index (Phi) is 3.87. The lowest BCUT2D eigenvalue weighted by molar-refractivity contribution is 0.0981. The van der Waals surface area contributed by atoms with E-state index in [4.69, 9.17) is 0 Å². The van der Waals surface area contributed by atoms with Crippen LogP contribution in [0.1, 0.15) is 36.7 Å². The molecule has 1 aliphatic heterocycles. The van der Waals surface area contributed by atoms with Crippen LogP contribution in [-0.2, 0) is 22.2 Å². The van der Waals surface area contributed by atoms with Gasteiger partial charge in [-0.2, -0.15) is 13.5 Å². The largest absolute Gasteiger partial charge is 0.326 e. The molecule has 7 nitrogen and oxygen atoms in total. The summed E-state index contributed by atoms with van der Waals surface area (Å²) in [6.45, 7) is 6.15. The summed E-state index contributed by atoms with van der Waals surface area (Å²) in [6, 6.07) is 7.28. The number of aromatic nitrogens is 2. The third kappa shape index (κ3) is 3.01. The van der Waals surface area contributed by atoms with Gasteiger partial charge in [0.25, 0.3) is 5.91 Å². The highest BCUT2D eigenvalue weighted by molar-refractivity contribution is 7.91. The average Bonchev–Trinajstić information content (AvgIpc) is 3.13. The Morgan fingerprint density at radius 3 is 2.62 bits per heavy atom. The molecule has 1 amide bonds. The minimum Gasteiger partial charge on any atom is -0.268 e. The summed E-state index contributed by atoms with van der Waals surface area (Å²) in [5.41, 5.74) is 1.49. The first-order chi connectivity index (χ1) is 11.2. The molecule has 3 rings (SSSR count). The van der Waals surface area contributed by atoms with Crippen molar-refractivity contribution in [1.29, 1.82) is 0 Å². The van der Waals surface area contributed by atoms with Crippen molar-refractivity contribution in [2.45, 2.75) is 32.7 Å². The molecule has 2 heterocycles. The van der Waals surface area contributed by atoms with E-state index in [1.54, 1.807) is 23.0 Å². The lowest BCUT2D eigenvalue weighted by atomic mass is 10.1. The van der Waals surface area contributed by atoms with Gasteiger partial charge in [0.2, 0.25) is 0 Å². The van der Waals surface area contributed by atoms with Gasteiger partial charge in [0.15, 0.2) is 0 Å². The van der Waals surface area contributed by atoms with Gasteiger partial charge in [-0.05, 0) is 38.8 Å². The molecule has 0 aliphatic carbocycles. The maximum absolute atomic E-state index is 12.5. The molecule has 2 aromatic rings. The van der Waals surface area contributed by atoms with E-state index in [9.17, 15) is 13.2 Å². The van der Waals surface area contributed by atoms with Crippen molar-refractivity contribution in [3.63, 3.8) is 0 Å². The zero-order valence-corrected chi connectivity index (χ0v) is 14.7. The van der Waals surface area contributed by atoms with Crippen LogP contribution in [0.2, 0.25) is 0 Å². The number of rotatable bonds is 3. The van der Waals surface area contributed by atoms with Crippen molar-refractivity contribution >= 4 is 21.8 Å². The topological polar surface area (TPSA) is 84.3 Å². The van der Waals surface area contributed by atoms with Gasteiger partial charge in [0.1, 0.15) is 0 Å². The van der Waals surface area contributed by atoms with Gasteiger partial charge >= 0.3 is 10.2 Å². The number of anilines is 1. The first-order valence-electron chi connectivity index (χ1n) is 7.66. The quantitative estimate of drug-likeness (QED) is 0.914. The van der Waals surface area contributed by atoms with Gasteiger partial charge < -0.3 is 0 Å². The lowest BCUT2D eigenvalue weighted by Crippen LogP contribution is -2.42. The van der Waals surface area contributed by atoms with Crippen molar-refractivity contribution in [2.75, 3.05) is 10.8 Å². The Labute approximate surface area is 141 Å². The fourth-order valence-electron chi connectivity index (χ4n) is 2.60. The number of carbonyl (C=O) groups is 1. The van der Waals surface area contributed by atoms with Crippen LogP contribution in [0.15, 0.2) is 36.7 Å². The SMILES string of the molecule is CC(C)(C)n1cc(C(=O)NS(=O)(=O)N2CCc3ccccc32)cn1. The standard InChI is InChI=1S/C16H20N4O3S/c1-16(2,3)20-11-13(10-17-20)15(21)18-24(22,23)19-9-8-12-6-4-5-7-14(12)19/h4-7,10-11H,8-9H2,1-3H3,(H,18,21). The second-order valence-corrected chi connectivity index (χ2v) is 8.33. The van der Waals surface area contributed by atoms with Gasteiger partial charge in [-0.1, -0.05) is 18.2 Å². The van der Waals surface area contributed by atoms with E-state index < -0.39 is 16.1 Å². The molecule has 8 heteroatoms. The van der Waals surface area contributed by atoms with E-state index in [2.05, 4.69) is 9.82 Å². The number of para-hydroxylation sites is 1. The Hall–Kier alpha value is -2.35. The van der Waals surface area contributed by atoms with Crippen LogP contribution in [0.3, 0.4) is 0 Å². The van der Waals surface area contributed by atoms with Crippen LogP contribution in [-0.4, -0.2) is 30.7 Å². The Morgan fingerprint density at radius 1 is 1.25 bits per heavy atom. The molecule has 24 heavy (non-hydrogen) atoms. The molecule has 0 atom stereocenters. The number of carbonyl (C=O) groups excluding carboxylic acids is 1. The van der Waals surface area contributed by atoms with Crippen molar-refractivity contribution in [1.82, 2.24) is 14.5 Å². The number of hydrogen-bond donors (Lipinski definition) is 1. The average molecular weight is 348 g/mol. The van der Waals surface area contributed by atoms with Crippen molar-refractivity contribution in [2.24, 2.45) is 0 Å². The summed E-state index contributed by atoms with van der Waals surface area (Å²) in [6.07, 6.45) is 3.55. The highest BCUT2D eigenvalue weighted by Gasteiger charge is 2.31. The number of fused-ring (bicyclic) bond motifs is 1. The number of amides is 1. The monoisotopic (exact) mass is 348 g/mol. The fraction of sp³-hybridized carbons (Fsp3) is 0.375. The summed E-state index contributed by atoms with van der Waals surface area (Å²) in [4.78, 5) is 12.3. The molecule has 0 unspecified atom stereocenters. The molecule has 0 radical (unpaired) electrons. The highest BCUT2D eigenvalue weighted by atomic mass is 32.2. The Bertz CT molecular complexity index is 881. The minimum atomic E-state index is -3.95. The molecule has 0 bridgehead atoms. The smallest absolute Gasteiger partial charge is 0.268 e. The molecule has 0 spiro atoms. The zero-order chi connectivity index (χ0) is 17.5. The fourth-order valence-corrected chi connectivity index (χ4v) is 3.83. The molecule has 1 aromatic heterocycles. The van der Waals surface area contributed by atoms with Crippen LogP contribution in [0, 0.1) is 0 Å². The second kappa shape index (κ2) is 5.62. The number of benzene rings is 1. The van der Waals surface area contributed by atoms with E-state index >= 15 is 0 Å². The van der Waals surface area contributed by atoms with Crippen LogP contribution in [0.5, 0.6) is 0 Å². The lowest BCUT2D eigenvalue weighted by Gasteiger charge is -2.20. The summed E-state index contributed by atoms with van der Waals surface area (Å²) < 4.78 is 30.1. The maximum atomic E-state index is 12.5. The first kappa shape index (κ1) is 16.5. The van der Waals surface area contributed by atoms with E-state index in [0.717, 1.165) is 5.56 Å². The second-order valence-electron chi connectivity index (χ2n) is 6.73. The van der Waals surface area contributed by atoms with Crippen LogP contribution >= 0.6 is 0 Å². The maximum Gasteiger partial charge on any atom is 0.326 e. The summed E-state index contributed by atoms with van der Waals surface area (Å²) in [5.74, 6) is -0.685. The molecule has 0 saturated carbocycles.